The number of carboxylic acids is 2. The first-order valence-corrected chi connectivity index (χ1v) is 16.9. The Morgan fingerprint density at radius 1 is 0.560 bits per heavy atom. The van der Waals surface area contributed by atoms with Gasteiger partial charge in [0.05, 0.1) is 13.1 Å². The Bertz CT molecular complexity index is 1620. The fourth-order valence-corrected chi connectivity index (χ4v) is 7.63. The summed E-state index contributed by atoms with van der Waals surface area (Å²) in [6.45, 7) is 4.57. The molecule has 3 unspecified atom stereocenters. The van der Waals surface area contributed by atoms with E-state index in [4.69, 9.17) is 9.47 Å². The number of hydrogen-bond donors (Lipinski definition) is 2. The highest BCUT2D eigenvalue weighted by molar-refractivity contribution is 5.84. The van der Waals surface area contributed by atoms with Crippen molar-refractivity contribution in [1.29, 1.82) is 0 Å². The number of quaternary nitrogens is 2. The van der Waals surface area contributed by atoms with Crippen LogP contribution < -0.4 is 9.47 Å². The molecule has 6 atom stereocenters. The van der Waals surface area contributed by atoms with Gasteiger partial charge in [0, 0.05) is 11.1 Å². The molecule has 1 aliphatic rings. The maximum atomic E-state index is 13.4. The van der Waals surface area contributed by atoms with Crippen molar-refractivity contribution < 1.29 is 47.8 Å². The Morgan fingerprint density at radius 3 is 1.16 bits per heavy atom. The molecule has 0 saturated heterocycles. The Hall–Kier alpha value is -5.32. The summed E-state index contributed by atoms with van der Waals surface area (Å²) >= 11 is 0. The van der Waals surface area contributed by atoms with Gasteiger partial charge in [-0.25, -0.2) is 9.59 Å². The van der Waals surface area contributed by atoms with Crippen molar-refractivity contribution in [1.82, 2.24) is 0 Å². The second kappa shape index (κ2) is 15.9. The largest absolute Gasteiger partial charge is 0.481 e. The SMILES string of the molecule is CCC[N+](C=O)(Cc1ccc(Oc2ccccc2)cc1)C1[C@@H](C(=O)O)[C@H](C(=O)O)[C@H]1[N+](C=O)(CCC)Cc1ccc(Oc2ccccc2)cc1. The summed E-state index contributed by atoms with van der Waals surface area (Å²) in [6, 6.07) is 31.1. The van der Waals surface area contributed by atoms with Crippen LogP contribution in [0.1, 0.15) is 37.8 Å². The third kappa shape index (κ3) is 7.61. The Kier molecular flexibility index (Phi) is 11.5. The number of para-hydroxylation sites is 2. The third-order valence-corrected chi connectivity index (χ3v) is 9.69. The molecule has 2 N–H and O–H groups in total. The molecule has 10 nitrogen and oxygen atoms in total. The minimum atomic E-state index is -1.38. The topological polar surface area (TPSA) is 127 Å². The molecule has 0 heterocycles. The average molecular weight is 681 g/mol. The minimum Gasteiger partial charge on any atom is -0.481 e. The third-order valence-electron chi connectivity index (χ3n) is 9.69. The fraction of sp³-hybridized carbons (Fsp3) is 0.300. The van der Waals surface area contributed by atoms with Gasteiger partial charge < -0.3 is 19.7 Å². The predicted octanol–water partition coefficient (Wildman–Crippen LogP) is 6.89. The van der Waals surface area contributed by atoms with Crippen LogP contribution in [0, 0.1) is 11.8 Å². The van der Waals surface area contributed by atoms with Crippen molar-refractivity contribution in [3.8, 4) is 23.0 Å². The first-order chi connectivity index (χ1) is 24.2. The number of carbonyl (C=O) groups excluding carboxylic acids is 2. The predicted molar refractivity (Wildman–Crippen MR) is 186 cm³/mol. The summed E-state index contributed by atoms with van der Waals surface area (Å²) in [7, 11) is 0. The van der Waals surface area contributed by atoms with Gasteiger partial charge in [0.15, 0.2) is 12.1 Å². The number of hydrogen-bond acceptors (Lipinski definition) is 6. The quantitative estimate of drug-likeness (QED) is 0.0860. The first kappa shape index (κ1) is 36.0. The number of amides is 2. The van der Waals surface area contributed by atoms with Crippen LogP contribution in [0.4, 0.5) is 0 Å². The van der Waals surface area contributed by atoms with Crippen LogP contribution in [-0.4, -0.2) is 69.1 Å². The van der Waals surface area contributed by atoms with Gasteiger partial charge in [-0.3, -0.25) is 18.6 Å². The molecule has 0 radical (unpaired) electrons. The van der Waals surface area contributed by atoms with Crippen LogP contribution in [0.25, 0.3) is 0 Å². The number of benzene rings is 4. The molecule has 2 amide bonds. The highest BCUT2D eigenvalue weighted by Gasteiger charge is 2.73. The maximum absolute atomic E-state index is 13.4. The molecule has 1 saturated carbocycles. The number of carbonyl (C=O) groups is 4. The van der Waals surface area contributed by atoms with Crippen molar-refractivity contribution in [2.24, 2.45) is 11.8 Å². The lowest BCUT2D eigenvalue weighted by Gasteiger charge is -2.58. The molecule has 0 bridgehead atoms. The van der Waals surface area contributed by atoms with Crippen molar-refractivity contribution in [2.45, 2.75) is 51.9 Å². The van der Waals surface area contributed by atoms with Crippen molar-refractivity contribution in [3.05, 3.63) is 120 Å². The normalized spacial score (nSPS) is 20.7. The maximum Gasteiger partial charge on any atom is 0.314 e. The van der Waals surface area contributed by atoms with Gasteiger partial charge in [0.25, 0.3) is 0 Å². The molecule has 1 aliphatic carbocycles. The summed E-state index contributed by atoms with van der Waals surface area (Å²) in [6.07, 6.45) is 2.56. The van der Waals surface area contributed by atoms with Gasteiger partial charge in [0.2, 0.25) is 0 Å². The second-order valence-corrected chi connectivity index (χ2v) is 13.0. The zero-order chi connectivity index (χ0) is 35.7. The van der Waals surface area contributed by atoms with E-state index in [0.717, 1.165) is 23.9 Å². The van der Waals surface area contributed by atoms with Gasteiger partial charge in [-0.1, -0.05) is 50.2 Å². The number of ether oxygens (including phenoxy) is 2. The van der Waals surface area contributed by atoms with Gasteiger partial charge in [0.1, 0.15) is 47.9 Å². The zero-order valence-electron chi connectivity index (χ0n) is 28.3. The summed E-state index contributed by atoms with van der Waals surface area (Å²) in [4.78, 5) is 52.5. The molecule has 0 aliphatic heterocycles. The van der Waals surface area contributed by atoms with E-state index in [1.807, 2.05) is 98.8 Å². The summed E-state index contributed by atoms with van der Waals surface area (Å²) in [5.74, 6) is -2.84. The van der Waals surface area contributed by atoms with Crippen LogP contribution in [0.5, 0.6) is 23.0 Å². The van der Waals surface area contributed by atoms with E-state index in [1.165, 1.54) is 0 Å². The Morgan fingerprint density at radius 2 is 0.880 bits per heavy atom. The van der Waals surface area contributed by atoms with E-state index >= 15 is 0 Å². The van der Waals surface area contributed by atoms with Crippen molar-refractivity contribution in [2.75, 3.05) is 13.1 Å². The lowest BCUT2D eigenvalue weighted by atomic mass is 9.61. The molecule has 1 fully saturated rings. The smallest absolute Gasteiger partial charge is 0.314 e. The van der Waals surface area contributed by atoms with E-state index in [-0.39, 0.29) is 35.1 Å². The van der Waals surface area contributed by atoms with Crippen LogP contribution >= 0.6 is 0 Å². The summed E-state index contributed by atoms with van der Waals surface area (Å²) < 4.78 is 11.2. The molecule has 5 rings (SSSR count). The Labute approximate surface area is 292 Å². The molecular formula is C40H44N2O8+2. The van der Waals surface area contributed by atoms with E-state index in [0.29, 0.717) is 35.8 Å². The van der Waals surface area contributed by atoms with E-state index < -0.39 is 35.9 Å². The number of aliphatic carboxylic acids is 2. The van der Waals surface area contributed by atoms with E-state index in [2.05, 4.69) is 0 Å². The lowest BCUT2D eigenvalue weighted by Crippen LogP contribution is -2.82. The van der Waals surface area contributed by atoms with Crippen LogP contribution in [-0.2, 0) is 32.3 Å². The molecule has 10 heteroatoms. The summed E-state index contributed by atoms with van der Waals surface area (Å²) in [5, 5.41) is 21.0. The van der Waals surface area contributed by atoms with Crippen molar-refractivity contribution >= 4 is 24.8 Å². The van der Waals surface area contributed by atoms with Crippen molar-refractivity contribution in [3.63, 3.8) is 0 Å². The van der Waals surface area contributed by atoms with Gasteiger partial charge in [-0.05, 0) is 85.6 Å². The monoisotopic (exact) mass is 680 g/mol. The lowest BCUT2D eigenvalue weighted by molar-refractivity contribution is -0.970. The minimum absolute atomic E-state index is 0.122. The van der Waals surface area contributed by atoms with Crippen LogP contribution in [0.15, 0.2) is 109 Å². The van der Waals surface area contributed by atoms with Gasteiger partial charge in [-0.2, -0.15) is 0 Å². The summed E-state index contributed by atoms with van der Waals surface area (Å²) in [5.41, 5.74) is 1.50. The first-order valence-electron chi connectivity index (χ1n) is 16.9. The van der Waals surface area contributed by atoms with Gasteiger partial charge in [-0.15, -0.1) is 0 Å². The fourth-order valence-electron chi connectivity index (χ4n) is 7.63. The zero-order valence-corrected chi connectivity index (χ0v) is 28.3. The number of nitrogens with zero attached hydrogens (tertiary/aromatic N) is 2. The molecule has 0 spiro atoms. The average Bonchev–Trinajstić information content (AvgIpc) is 3.10. The highest BCUT2D eigenvalue weighted by atomic mass is 16.5. The molecule has 4 aromatic rings. The van der Waals surface area contributed by atoms with Crippen LogP contribution in [0.2, 0.25) is 0 Å². The van der Waals surface area contributed by atoms with E-state index in [1.54, 1.807) is 24.3 Å². The van der Waals surface area contributed by atoms with E-state index in [9.17, 15) is 29.4 Å². The molecule has 0 aromatic heterocycles. The van der Waals surface area contributed by atoms with Gasteiger partial charge >= 0.3 is 24.8 Å². The standard InChI is InChI=1S/C40H42N2O8/c1-3-23-41(27-43,25-29-15-19-33(20-16-29)49-31-11-7-5-8-12-31)37-35(39(45)46)36(40(47)48)38(37)42(28-44,24-4-2)26-30-17-21-34(22-18-30)50-32-13-9-6-10-14-32/h5-22,27-28,35-38H,3-4,23-26H2,1-2H3/p+2/t35-,36-,37+,38?,41?,42?/m0/s1. The number of carboxylic acid groups (broad SMARTS) is 2. The molecular weight excluding hydrogens is 636 g/mol. The molecule has 50 heavy (non-hydrogen) atoms. The molecule has 260 valence electrons. The Balaban J connectivity index is 1.51. The van der Waals surface area contributed by atoms with Crippen LogP contribution in [0.3, 0.4) is 0 Å². The second-order valence-electron chi connectivity index (χ2n) is 13.0. The number of rotatable bonds is 18. The highest BCUT2D eigenvalue weighted by Crippen LogP contribution is 2.49. The molecule has 4 aromatic carbocycles.